The van der Waals surface area contributed by atoms with Crippen LogP contribution in [0, 0.1) is 6.92 Å². The van der Waals surface area contributed by atoms with Crippen molar-refractivity contribution in [1.29, 1.82) is 0 Å². The SMILES string of the molecule is Cc1nc(Nc2ccc(Cl)cn2)sc1C(=O)N1CCN(C(=O)c2ccco2)CC1. The number of hydrogen-bond donors (Lipinski definition) is 1. The molecule has 0 unspecified atom stereocenters. The molecule has 0 aliphatic carbocycles. The van der Waals surface area contributed by atoms with E-state index < -0.39 is 0 Å². The van der Waals surface area contributed by atoms with Crippen LogP contribution in [-0.4, -0.2) is 57.8 Å². The van der Waals surface area contributed by atoms with Gasteiger partial charge in [0.05, 0.1) is 17.0 Å². The number of piperazine rings is 1. The first kappa shape index (κ1) is 19.4. The number of anilines is 2. The van der Waals surface area contributed by atoms with E-state index in [2.05, 4.69) is 15.3 Å². The number of aromatic nitrogens is 2. The van der Waals surface area contributed by atoms with Crippen LogP contribution in [0.25, 0.3) is 0 Å². The predicted octanol–water partition coefficient (Wildman–Crippen LogP) is 3.43. The van der Waals surface area contributed by atoms with Gasteiger partial charge >= 0.3 is 0 Å². The summed E-state index contributed by atoms with van der Waals surface area (Å²) in [6, 6.07) is 6.80. The van der Waals surface area contributed by atoms with Gasteiger partial charge in [-0.3, -0.25) is 9.59 Å². The van der Waals surface area contributed by atoms with E-state index in [9.17, 15) is 9.59 Å². The van der Waals surface area contributed by atoms with E-state index >= 15 is 0 Å². The molecule has 8 nitrogen and oxygen atoms in total. The van der Waals surface area contributed by atoms with Gasteiger partial charge in [0.25, 0.3) is 11.8 Å². The van der Waals surface area contributed by atoms with Gasteiger partial charge in [0.1, 0.15) is 10.7 Å². The van der Waals surface area contributed by atoms with Crippen molar-refractivity contribution in [2.24, 2.45) is 0 Å². The average Bonchev–Trinajstić information content (AvgIpc) is 3.39. The predicted molar refractivity (Wildman–Crippen MR) is 110 cm³/mol. The second kappa shape index (κ2) is 8.22. The Morgan fingerprint density at radius 2 is 1.86 bits per heavy atom. The number of nitrogens with zero attached hydrogens (tertiary/aromatic N) is 4. The Morgan fingerprint density at radius 1 is 1.14 bits per heavy atom. The monoisotopic (exact) mass is 431 g/mol. The third-order valence-electron chi connectivity index (χ3n) is 4.54. The molecule has 29 heavy (non-hydrogen) atoms. The minimum atomic E-state index is -0.155. The molecular formula is C19H18ClN5O3S. The zero-order valence-corrected chi connectivity index (χ0v) is 17.2. The van der Waals surface area contributed by atoms with E-state index in [1.807, 2.05) is 0 Å². The van der Waals surface area contributed by atoms with Gasteiger partial charge in [-0.1, -0.05) is 22.9 Å². The summed E-state index contributed by atoms with van der Waals surface area (Å²) in [6.45, 7) is 3.65. The number of aryl methyl sites for hydroxylation is 1. The van der Waals surface area contributed by atoms with Crippen LogP contribution in [0.5, 0.6) is 0 Å². The highest BCUT2D eigenvalue weighted by molar-refractivity contribution is 7.17. The molecule has 0 spiro atoms. The van der Waals surface area contributed by atoms with Gasteiger partial charge in [0, 0.05) is 32.4 Å². The van der Waals surface area contributed by atoms with Gasteiger partial charge in [-0.05, 0) is 31.2 Å². The standard InChI is InChI=1S/C19H18ClN5O3S/c1-12-16(29-19(22-12)23-15-5-4-13(20)11-21-15)18(27)25-8-6-24(7-9-25)17(26)14-3-2-10-28-14/h2-5,10-11H,6-9H2,1H3,(H,21,22,23). The van der Waals surface area contributed by atoms with Crippen LogP contribution >= 0.6 is 22.9 Å². The summed E-state index contributed by atoms with van der Waals surface area (Å²) < 4.78 is 5.17. The maximum absolute atomic E-state index is 12.9. The van der Waals surface area contributed by atoms with Crippen LogP contribution in [-0.2, 0) is 0 Å². The third kappa shape index (κ3) is 4.25. The van der Waals surface area contributed by atoms with E-state index in [0.717, 1.165) is 0 Å². The highest BCUT2D eigenvalue weighted by Crippen LogP contribution is 2.27. The van der Waals surface area contributed by atoms with Gasteiger partial charge in [0.2, 0.25) is 0 Å². The second-order valence-corrected chi connectivity index (χ2v) is 7.92. The first-order valence-electron chi connectivity index (χ1n) is 8.99. The molecule has 0 atom stereocenters. The number of furan rings is 1. The molecule has 1 aliphatic heterocycles. The molecule has 3 aromatic heterocycles. The fourth-order valence-corrected chi connectivity index (χ4v) is 4.07. The molecule has 0 saturated carbocycles. The smallest absolute Gasteiger partial charge is 0.289 e. The molecule has 3 aromatic rings. The van der Waals surface area contributed by atoms with Crippen molar-refractivity contribution >= 4 is 45.7 Å². The fraction of sp³-hybridized carbons (Fsp3) is 0.263. The zero-order chi connectivity index (χ0) is 20.4. The van der Waals surface area contributed by atoms with E-state index in [1.165, 1.54) is 17.6 Å². The Balaban J connectivity index is 1.39. The lowest BCUT2D eigenvalue weighted by molar-refractivity contribution is 0.0520. The normalized spacial score (nSPS) is 14.1. The first-order chi connectivity index (χ1) is 14.0. The van der Waals surface area contributed by atoms with Crippen molar-refractivity contribution in [3.8, 4) is 0 Å². The molecule has 2 amide bonds. The number of pyridine rings is 1. The number of halogens is 1. The number of amides is 2. The van der Waals surface area contributed by atoms with Crippen molar-refractivity contribution in [3.05, 3.63) is 58.1 Å². The molecule has 4 rings (SSSR count). The average molecular weight is 432 g/mol. The highest BCUT2D eigenvalue weighted by atomic mass is 35.5. The van der Waals surface area contributed by atoms with Crippen LogP contribution in [0.1, 0.15) is 25.9 Å². The summed E-state index contributed by atoms with van der Waals surface area (Å²) >= 11 is 7.13. The van der Waals surface area contributed by atoms with E-state index in [4.69, 9.17) is 16.0 Å². The molecule has 1 N–H and O–H groups in total. The number of carbonyl (C=O) groups is 2. The summed E-state index contributed by atoms with van der Waals surface area (Å²) in [5.74, 6) is 0.682. The van der Waals surface area contributed by atoms with Gasteiger partial charge in [-0.15, -0.1) is 0 Å². The lowest BCUT2D eigenvalue weighted by Crippen LogP contribution is -2.50. The topological polar surface area (TPSA) is 91.6 Å². The van der Waals surface area contributed by atoms with Crippen LogP contribution in [0.3, 0.4) is 0 Å². The minimum Gasteiger partial charge on any atom is -0.459 e. The van der Waals surface area contributed by atoms with Crippen molar-refractivity contribution in [1.82, 2.24) is 19.8 Å². The number of hydrogen-bond acceptors (Lipinski definition) is 7. The molecule has 0 radical (unpaired) electrons. The maximum atomic E-state index is 12.9. The van der Waals surface area contributed by atoms with Crippen LogP contribution in [0.15, 0.2) is 41.1 Å². The van der Waals surface area contributed by atoms with Crippen LogP contribution in [0.2, 0.25) is 5.02 Å². The lowest BCUT2D eigenvalue weighted by atomic mass is 10.2. The summed E-state index contributed by atoms with van der Waals surface area (Å²) in [7, 11) is 0. The van der Waals surface area contributed by atoms with Crippen molar-refractivity contribution in [2.75, 3.05) is 31.5 Å². The number of nitrogens with one attached hydrogen (secondary N) is 1. The second-order valence-electron chi connectivity index (χ2n) is 6.48. The van der Waals surface area contributed by atoms with Crippen molar-refractivity contribution in [2.45, 2.75) is 6.92 Å². The van der Waals surface area contributed by atoms with Crippen LogP contribution < -0.4 is 5.32 Å². The van der Waals surface area contributed by atoms with Gasteiger partial charge < -0.3 is 19.5 Å². The van der Waals surface area contributed by atoms with Crippen molar-refractivity contribution in [3.63, 3.8) is 0 Å². The molecule has 4 heterocycles. The Bertz CT molecular complexity index is 1010. The summed E-state index contributed by atoms with van der Waals surface area (Å²) in [6.07, 6.45) is 3.02. The molecule has 150 valence electrons. The molecule has 10 heteroatoms. The molecular weight excluding hydrogens is 414 g/mol. The molecule has 0 aromatic carbocycles. The maximum Gasteiger partial charge on any atom is 0.289 e. The Labute approximate surface area is 176 Å². The molecule has 1 saturated heterocycles. The molecule has 1 aliphatic rings. The van der Waals surface area contributed by atoms with Crippen molar-refractivity contribution < 1.29 is 14.0 Å². The van der Waals surface area contributed by atoms with Gasteiger partial charge in [-0.2, -0.15) is 0 Å². The summed E-state index contributed by atoms with van der Waals surface area (Å²) in [5.41, 5.74) is 0.658. The summed E-state index contributed by atoms with van der Waals surface area (Å²) in [4.78, 5) is 37.9. The van der Waals surface area contributed by atoms with E-state index in [1.54, 1.807) is 47.2 Å². The quantitative estimate of drug-likeness (QED) is 0.680. The summed E-state index contributed by atoms with van der Waals surface area (Å²) in [5, 5.41) is 4.23. The number of rotatable bonds is 4. The molecule has 0 bridgehead atoms. The lowest BCUT2D eigenvalue weighted by Gasteiger charge is -2.34. The third-order valence-corrected chi connectivity index (χ3v) is 5.82. The van der Waals surface area contributed by atoms with Gasteiger partial charge in [0.15, 0.2) is 10.9 Å². The van der Waals surface area contributed by atoms with E-state index in [-0.39, 0.29) is 11.8 Å². The Hall–Kier alpha value is -2.91. The van der Waals surface area contributed by atoms with E-state index in [0.29, 0.717) is 58.5 Å². The largest absolute Gasteiger partial charge is 0.459 e. The zero-order valence-electron chi connectivity index (χ0n) is 15.6. The highest BCUT2D eigenvalue weighted by Gasteiger charge is 2.28. The Kier molecular flexibility index (Phi) is 5.50. The Morgan fingerprint density at radius 3 is 2.48 bits per heavy atom. The molecule has 1 fully saturated rings. The minimum absolute atomic E-state index is 0.0813. The number of thiazole rings is 1. The first-order valence-corrected chi connectivity index (χ1v) is 10.2. The van der Waals surface area contributed by atoms with Crippen LogP contribution in [0.4, 0.5) is 10.9 Å². The van der Waals surface area contributed by atoms with Gasteiger partial charge in [-0.25, -0.2) is 9.97 Å². The fourth-order valence-electron chi connectivity index (χ4n) is 3.02. The number of carbonyl (C=O) groups excluding carboxylic acids is 2.